The summed E-state index contributed by atoms with van der Waals surface area (Å²) in [5.74, 6) is 0.739. The summed E-state index contributed by atoms with van der Waals surface area (Å²) in [6.07, 6.45) is 1.67. The summed E-state index contributed by atoms with van der Waals surface area (Å²) in [4.78, 5) is 25.4. The van der Waals surface area contributed by atoms with E-state index in [4.69, 9.17) is 13.9 Å². The maximum atomic E-state index is 12.8. The van der Waals surface area contributed by atoms with Crippen LogP contribution < -0.4 is 20.4 Å². The third-order valence-corrected chi connectivity index (χ3v) is 7.86. The van der Waals surface area contributed by atoms with Crippen LogP contribution in [0.2, 0.25) is 0 Å². The normalized spacial score (nSPS) is 21.4. The molecule has 2 aliphatic rings. The highest BCUT2D eigenvalue weighted by atomic mass is 32.2. The highest BCUT2D eigenvalue weighted by Gasteiger charge is 2.32. The molecule has 0 unspecified atom stereocenters. The summed E-state index contributed by atoms with van der Waals surface area (Å²) in [6, 6.07) is 1.38. The lowest BCUT2D eigenvalue weighted by Crippen LogP contribution is -2.37. The lowest BCUT2D eigenvalue weighted by molar-refractivity contribution is -0.121. The monoisotopic (exact) mass is 449 g/mol. The van der Waals surface area contributed by atoms with Crippen LogP contribution in [0.4, 0.5) is 0 Å². The lowest BCUT2D eigenvalue weighted by atomic mass is 9.91. The third-order valence-electron chi connectivity index (χ3n) is 6.09. The van der Waals surface area contributed by atoms with Gasteiger partial charge < -0.3 is 19.2 Å². The van der Waals surface area contributed by atoms with Crippen molar-refractivity contribution in [2.75, 3.05) is 18.6 Å². The average molecular weight is 450 g/mol. The fourth-order valence-corrected chi connectivity index (χ4v) is 6.07. The van der Waals surface area contributed by atoms with Crippen molar-refractivity contribution in [1.82, 2.24) is 5.32 Å². The van der Waals surface area contributed by atoms with E-state index in [1.165, 1.54) is 7.11 Å². The summed E-state index contributed by atoms with van der Waals surface area (Å²) in [5.41, 5.74) is 1.19. The molecule has 0 saturated carbocycles. The summed E-state index contributed by atoms with van der Waals surface area (Å²) in [6.45, 7) is 5.78. The van der Waals surface area contributed by atoms with Crippen molar-refractivity contribution in [2.45, 2.75) is 58.1 Å². The van der Waals surface area contributed by atoms with Crippen LogP contribution in [0.15, 0.2) is 15.3 Å². The number of ether oxygens (including phenoxy) is 2. The summed E-state index contributed by atoms with van der Waals surface area (Å²) in [5, 5.41) is 3.37. The number of nitrogens with one attached hydrogen (secondary N) is 1. The van der Waals surface area contributed by atoms with Crippen molar-refractivity contribution in [1.29, 1.82) is 0 Å². The minimum atomic E-state index is -3.11. The molecule has 1 atom stereocenters. The number of methoxy groups -OCH3 is 1. The van der Waals surface area contributed by atoms with E-state index in [0.29, 0.717) is 40.9 Å². The maximum absolute atomic E-state index is 12.8. The Kier molecular flexibility index (Phi) is 5.28. The van der Waals surface area contributed by atoms with E-state index < -0.39 is 27.4 Å². The number of benzene rings is 1. The van der Waals surface area contributed by atoms with Crippen molar-refractivity contribution in [3.05, 3.63) is 33.2 Å². The van der Waals surface area contributed by atoms with E-state index in [9.17, 15) is 18.0 Å². The zero-order valence-electron chi connectivity index (χ0n) is 18.2. The number of carbonyl (C=O) groups excluding carboxylic acids is 1. The van der Waals surface area contributed by atoms with E-state index in [2.05, 4.69) is 5.32 Å². The third kappa shape index (κ3) is 4.15. The van der Waals surface area contributed by atoms with E-state index in [0.717, 1.165) is 12.0 Å². The molecule has 1 amide bonds. The number of hydrogen-bond acceptors (Lipinski definition) is 7. The standard InChI is InChI=1S/C22H27NO7S/c1-12-15(9-18(24)23-13-6-8-31(26,27)11-13)21(25)29-20-14-5-7-22(2,3)30-16(14)10-17(28-4)19(12)20/h10,13H,5-9,11H2,1-4H3,(H,23,24)/t13-/m0/s1. The molecule has 2 aromatic rings. The van der Waals surface area contributed by atoms with Crippen molar-refractivity contribution >= 4 is 26.7 Å². The molecular formula is C22H27NO7S. The summed E-state index contributed by atoms with van der Waals surface area (Å²) >= 11 is 0. The quantitative estimate of drug-likeness (QED) is 0.711. The molecule has 0 radical (unpaired) electrons. The average Bonchev–Trinajstić information content (AvgIpc) is 3.01. The first-order chi connectivity index (χ1) is 14.5. The molecule has 31 heavy (non-hydrogen) atoms. The van der Waals surface area contributed by atoms with E-state index >= 15 is 0 Å². The molecule has 1 N–H and O–H groups in total. The maximum Gasteiger partial charge on any atom is 0.340 e. The van der Waals surface area contributed by atoms with Gasteiger partial charge in [0.15, 0.2) is 9.84 Å². The van der Waals surface area contributed by atoms with Crippen molar-refractivity contribution in [3.63, 3.8) is 0 Å². The van der Waals surface area contributed by atoms with Gasteiger partial charge in [-0.15, -0.1) is 0 Å². The number of aryl methyl sites for hydroxylation is 2. The highest BCUT2D eigenvalue weighted by Crippen LogP contribution is 2.43. The van der Waals surface area contributed by atoms with Gasteiger partial charge in [0.1, 0.15) is 22.7 Å². The van der Waals surface area contributed by atoms with Crippen molar-refractivity contribution in [2.24, 2.45) is 0 Å². The first-order valence-corrected chi connectivity index (χ1v) is 12.2. The summed E-state index contributed by atoms with van der Waals surface area (Å²) in [7, 11) is -1.57. The Labute approximate surface area is 180 Å². The van der Waals surface area contributed by atoms with Gasteiger partial charge in [-0.05, 0) is 45.6 Å². The molecule has 0 aliphatic carbocycles. The molecule has 2 aliphatic heterocycles. The number of sulfone groups is 1. The van der Waals surface area contributed by atoms with Crippen molar-refractivity contribution in [3.8, 4) is 11.5 Å². The molecular weight excluding hydrogens is 422 g/mol. The molecule has 1 fully saturated rings. The zero-order chi connectivity index (χ0) is 22.6. The first kappa shape index (κ1) is 21.7. The second-order valence-electron chi connectivity index (χ2n) is 8.96. The molecule has 1 saturated heterocycles. The van der Waals surface area contributed by atoms with Gasteiger partial charge in [-0.2, -0.15) is 0 Å². The Morgan fingerprint density at radius 3 is 2.74 bits per heavy atom. The smallest absolute Gasteiger partial charge is 0.340 e. The van der Waals surface area contributed by atoms with Crippen LogP contribution in [0.25, 0.3) is 11.0 Å². The van der Waals surface area contributed by atoms with Gasteiger partial charge in [-0.3, -0.25) is 4.79 Å². The molecule has 0 spiro atoms. The van der Waals surface area contributed by atoms with Gasteiger partial charge in [-0.25, -0.2) is 13.2 Å². The number of amides is 1. The Morgan fingerprint density at radius 1 is 1.35 bits per heavy atom. The lowest BCUT2D eigenvalue weighted by Gasteiger charge is -2.33. The van der Waals surface area contributed by atoms with Gasteiger partial charge in [0, 0.05) is 17.7 Å². The molecule has 1 aromatic carbocycles. The van der Waals surface area contributed by atoms with Crippen LogP contribution in [0, 0.1) is 6.92 Å². The number of fused-ring (bicyclic) bond motifs is 3. The molecule has 1 aromatic heterocycles. The first-order valence-electron chi connectivity index (χ1n) is 10.3. The number of hydrogen-bond donors (Lipinski definition) is 1. The summed E-state index contributed by atoms with van der Waals surface area (Å²) < 4.78 is 40.6. The van der Waals surface area contributed by atoms with Crippen LogP contribution in [-0.2, 0) is 27.5 Å². The molecule has 0 bridgehead atoms. The largest absolute Gasteiger partial charge is 0.496 e. The van der Waals surface area contributed by atoms with Gasteiger partial charge >= 0.3 is 5.63 Å². The fraction of sp³-hybridized carbons (Fsp3) is 0.545. The van der Waals surface area contributed by atoms with Gasteiger partial charge in [0.25, 0.3) is 0 Å². The topological polar surface area (TPSA) is 112 Å². The van der Waals surface area contributed by atoms with E-state index in [1.807, 2.05) is 13.8 Å². The zero-order valence-corrected chi connectivity index (χ0v) is 19.0. The minimum Gasteiger partial charge on any atom is -0.496 e. The second kappa shape index (κ2) is 7.55. The SMILES string of the molecule is COc1cc2c(c3oc(=O)c(CC(=O)N[C@H]4CCS(=O)(=O)C4)c(C)c13)CCC(C)(C)O2. The molecule has 168 valence electrons. The highest BCUT2D eigenvalue weighted by molar-refractivity contribution is 7.91. The van der Waals surface area contributed by atoms with Gasteiger partial charge in [0.05, 0.1) is 36.0 Å². The number of rotatable bonds is 4. The Bertz CT molecular complexity index is 1230. The van der Waals surface area contributed by atoms with Crippen molar-refractivity contribution < 1.29 is 27.1 Å². The molecule has 8 nitrogen and oxygen atoms in total. The van der Waals surface area contributed by atoms with Crippen LogP contribution >= 0.6 is 0 Å². The van der Waals surface area contributed by atoms with Crippen LogP contribution in [0.5, 0.6) is 11.5 Å². The predicted molar refractivity (Wildman–Crippen MR) is 116 cm³/mol. The molecule has 4 rings (SSSR count). The van der Waals surface area contributed by atoms with E-state index in [-0.39, 0.29) is 29.1 Å². The van der Waals surface area contributed by atoms with E-state index in [1.54, 1.807) is 13.0 Å². The Hall–Kier alpha value is -2.55. The minimum absolute atomic E-state index is 0.0657. The van der Waals surface area contributed by atoms with Crippen LogP contribution in [0.3, 0.4) is 0 Å². The fourth-order valence-electron chi connectivity index (χ4n) is 4.40. The molecule has 9 heteroatoms. The van der Waals surface area contributed by atoms with Gasteiger partial charge in [-0.1, -0.05) is 0 Å². The predicted octanol–water partition coefficient (Wildman–Crippen LogP) is 2.06. The van der Waals surface area contributed by atoms with Gasteiger partial charge in [0.2, 0.25) is 5.91 Å². The number of carbonyl (C=O) groups is 1. The molecule has 3 heterocycles. The van der Waals surface area contributed by atoms with Crippen LogP contribution in [0.1, 0.15) is 43.4 Å². The second-order valence-corrected chi connectivity index (χ2v) is 11.2. The Morgan fingerprint density at radius 2 is 2.10 bits per heavy atom. The Balaban J connectivity index is 1.71. The van der Waals surface area contributed by atoms with Crippen LogP contribution in [-0.4, -0.2) is 44.6 Å².